The van der Waals surface area contributed by atoms with Crippen molar-refractivity contribution in [3.05, 3.63) is 0 Å². The molecule has 0 aliphatic heterocycles. The van der Waals surface area contributed by atoms with Crippen molar-refractivity contribution in [3.8, 4) is 0 Å². The van der Waals surface area contributed by atoms with Gasteiger partial charge in [0.15, 0.2) is 0 Å². The lowest BCUT2D eigenvalue weighted by molar-refractivity contribution is 0.155. The third kappa shape index (κ3) is 1.43. The van der Waals surface area contributed by atoms with Gasteiger partial charge in [0, 0.05) is 6.04 Å². The van der Waals surface area contributed by atoms with Gasteiger partial charge in [-0.15, -0.1) is 0 Å². The highest BCUT2D eigenvalue weighted by atomic mass is 16.3. The van der Waals surface area contributed by atoms with Gasteiger partial charge in [0.2, 0.25) is 0 Å². The Bertz CT molecular complexity index is 77.0. The quantitative estimate of drug-likeness (QED) is 0.577. The molecule has 1 saturated carbocycles. The molecule has 54 valence electrons. The summed E-state index contributed by atoms with van der Waals surface area (Å²) in [5.74, 6) is 0.750. The van der Waals surface area contributed by atoms with Crippen LogP contribution in [0.4, 0.5) is 0 Å². The molecule has 0 bridgehead atoms. The summed E-state index contributed by atoms with van der Waals surface area (Å²) < 4.78 is 0. The molecule has 2 nitrogen and oxygen atoms in total. The van der Waals surface area contributed by atoms with Gasteiger partial charge in [-0.1, -0.05) is 6.42 Å². The molecular formula is C7H15NO. The molecule has 1 aliphatic rings. The van der Waals surface area contributed by atoms with E-state index < -0.39 is 0 Å². The van der Waals surface area contributed by atoms with E-state index >= 15 is 0 Å². The number of hydrogen-bond donors (Lipinski definition) is 2. The summed E-state index contributed by atoms with van der Waals surface area (Å²) in [6, 6.07) is 0.360. The topological polar surface area (TPSA) is 32.3 Å². The van der Waals surface area contributed by atoms with Crippen LogP contribution in [0, 0.1) is 5.92 Å². The molecule has 2 N–H and O–H groups in total. The van der Waals surface area contributed by atoms with Crippen LogP contribution in [0.5, 0.6) is 0 Å². The molecule has 0 aromatic carbocycles. The second-order valence-corrected chi connectivity index (χ2v) is 2.77. The maximum atomic E-state index is 8.80. The fourth-order valence-electron chi connectivity index (χ4n) is 1.32. The highest BCUT2D eigenvalue weighted by molar-refractivity contribution is 4.80. The summed E-state index contributed by atoms with van der Waals surface area (Å²) in [7, 11) is 1.92. The SMILES string of the molecule is CN[C@H](CO)C1CCC1. The molecule has 1 rings (SSSR count). The predicted molar refractivity (Wildman–Crippen MR) is 37.3 cm³/mol. The van der Waals surface area contributed by atoms with Crippen molar-refractivity contribution in [1.29, 1.82) is 0 Å². The van der Waals surface area contributed by atoms with Gasteiger partial charge in [0.05, 0.1) is 6.61 Å². The Morgan fingerprint density at radius 3 is 2.44 bits per heavy atom. The lowest BCUT2D eigenvalue weighted by Gasteiger charge is -2.32. The van der Waals surface area contributed by atoms with Crippen molar-refractivity contribution in [2.75, 3.05) is 13.7 Å². The summed E-state index contributed by atoms with van der Waals surface area (Å²) >= 11 is 0. The van der Waals surface area contributed by atoms with Gasteiger partial charge in [-0.25, -0.2) is 0 Å². The number of hydrogen-bond acceptors (Lipinski definition) is 2. The van der Waals surface area contributed by atoms with E-state index in [1.54, 1.807) is 0 Å². The van der Waals surface area contributed by atoms with Crippen LogP contribution in [0.3, 0.4) is 0 Å². The fraction of sp³-hybridized carbons (Fsp3) is 1.00. The zero-order valence-corrected chi connectivity index (χ0v) is 5.93. The van der Waals surface area contributed by atoms with Crippen LogP contribution < -0.4 is 5.32 Å². The average molecular weight is 129 g/mol. The van der Waals surface area contributed by atoms with E-state index in [9.17, 15) is 0 Å². The van der Waals surface area contributed by atoms with Gasteiger partial charge in [-0.05, 0) is 25.8 Å². The minimum Gasteiger partial charge on any atom is -0.395 e. The summed E-state index contributed by atoms with van der Waals surface area (Å²) in [5.41, 5.74) is 0. The van der Waals surface area contributed by atoms with Gasteiger partial charge >= 0.3 is 0 Å². The summed E-state index contributed by atoms with van der Waals surface area (Å²) in [6.45, 7) is 0.293. The molecule has 1 aliphatic carbocycles. The largest absolute Gasteiger partial charge is 0.395 e. The van der Waals surface area contributed by atoms with Crippen molar-refractivity contribution >= 4 is 0 Å². The van der Waals surface area contributed by atoms with Gasteiger partial charge < -0.3 is 10.4 Å². The third-order valence-electron chi connectivity index (χ3n) is 2.29. The molecule has 0 saturated heterocycles. The number of nitrogens with one attached hydrogen (secondary N) is 1. The standard InChI is InChI=1S/C7H15NO/c1-8-7(5-9)6-3-2-4-6/h6-9H,2-5H2,1H3/t7-/m1/s1. The molecule has 0 aromatic rings. The molecule has 0 aromatic heterocycles. The van der Waals surface area contributed by atoms with Crippen LogP contribution in [-0.4, -0.2) is 24.8 Å². The Morgan fingerprint density at radius 1 is 1.67 bits per heavy atom. The molecule has 0 radical (unpaired) electrons. The fourth-order valence-corrected chi connectivity index (χ4v) is 1.32. The van der Waals surface area contributed by atoms with Crippen LogP contribution >= 0.6 is 0 Å². The highest BCUT2D eigenvalue weighted by Crippen LogP contribution is 2.28. The maximum absolute atomic E-state index is 8.80. The van der Waals surface area contributed by atoms with Crippen molar-refractivity contribution in [1.82, 2.24) is 5.32 Å². The molecule has 0 unspecified atom stereocenters. The van der Waals surface area contributed by atoms with Gasteiger partial charge in [-0.2, -0.15) is 0 Å². The zero-order valence-electron chi connectivity index (χ0n) is 5.93. The van der Waals surface area contributed by atoms with Crippen molar-refractivity contribution in [2.24, 2.45) is 5.92 Å². The molecule has 0 amide bonds. The molecule has 0 heterocycles. The lowest BCUT2D eigenvalue weighted by Crippen LogP contribution is -2.40. The van der Waals surface area contributed by atoms with E-state index in [1.165, 1.54) is 19.3 Å². The first kappa shape index (κ1) is 7.03. The molecular weight excluding hydrogens is 114 g/mol. The minimum absolute atomic E-state index is 0.293. The van der Waals surface area contributed by atoms with E-state index in [0.717, 1.165) is 5.92 Å². The monoisotopic (exact) mass is 129 g/mol. The van der Waals surface area contributed by atoms with Crippen molar-refractivity contribution < 1.29 is 5.11 Å². The van der Waals surface area contributed by atoms with E-state index in [2.05, 4.69) is 5.32 Å². The Labute approximate surface area is 56.3 Å². The van der Waals surface area contributed by atoms with Gasteiger partial charge in [0.25, 0.3) is 0 Å². The summed E-state index contributed by atoms with van der Waals surface area (Å²) in [4.78, 5) is 0. The second kappa shape index (κ2) is 3.18. The van der Waals surface area contributed by atoms with E-state index in [1.807, 2.05) is 7.05 Å². The number of aliphatic hydroxyl groups is 1. The summed E-state index contributed by atoms with van der Waals surface area (Å²) in [6.07, 6.45) is 3.95. The van der Waals surface area contributed by atoms with Crippen LogP contribution in [0.2, 0.25) is 0 Å². The Kier molecular flexibility index (Phi) is 2.49. The zero-order chi connectivity index (χ0) is 6.69. The van der Waals surface area contributed by atoms with Crippen LogP contribution in [-0.2, 0) is 0 Å². The molecule has 2 heteroatoms. The Hall–Kier alpha value is -0.0800. The van der Waals surface area contributed by atoms with Crippen LogP contribution in [0.25, 0.3) is 0 Å². The van der Waals surface area contributed by atoms with Gasteiger partial charge in [-0.3, -0.25) is 0 Å². The minimum atomic E-state index is 0.293. The molecule has 9 heavy (non-hydrogen) atoms. The van der Waals surface area contributed by atoms with Crippen LogP contribution in [0.1, 0.15) is 19.3 Å². The first-order chi connectivity index (χ1) is 4.38. The molecule has 1 fully saturated rings. The van der Waals surface area contributed by atoms with Crippen molar-refractivity contribution in [3.63, 3.8) is 0 Å². The van der Waals surface area contributed by atoms with E-state index in [4.69, 9.17) is 5.11 Å². The Balaban J connectivity index is 2.19. The van der Waals surface area contributed by atoms with E-state index in [-0.39, 0.29) is 0 Å². The first-order valence-corrected chi connectivity index (χ1v) is 3.66. The highest BCUT2D eigenvalue weighted by Gasteiger charge is 2.24. The predicted octanol–water partition coefficient (Wildman–Crippen LogP) is 0.367. The Morgan fingerprint density at radius 2 is 2.33 bits per heavy atom. The first-order valence-electron chi connectivity index (χ1n) is 3.66. The average Bonchev–Trinajstić information content (AvgIpc) is 1.78. The van der Waals surface area contributed by atoms with Crippen LogP contribution in [0.15, 0.2) is 0 Å². The number of likely N-dealkylation sites (N-methyl/N-ethyl adjacent to an activating group) is 1. The second-order valence-electron chi connectivity index (χ2n) is 2.77. The maximum Gasteiger partial charge on any atom is 0.0587 e. The van der Waals surface area contributed by atoms with Gasteiger partial charge in [0.1, 0.15) is 0 Å². The summed E-state index contributed by atoms with van der Waals surface area (Å²) in [5, 5.41) is 11.9. The third-order valence-corrected chi connectivity index (χ3v) is 2.29. The smallest absolute Gasteiger partial charge is 0.0587 e. The molecule has 0 spiro atoms. The molecule has 1 atom stereocenters. The number of rotatable bonds is 3. The van der Waals surface area contributed by atoms with E-state index in [0.29, 0.717) is 12.6 Å². The lowest BCUT2D eigenvalue weighted by atomic mass is 9.80. The van der Waals surface area contributed by atoms with Crippen molar-refractivity contribution in [2.45, 2.75) is 25.3 Å². The normalized spacial score (nSPS) is 23.3. The number of aliphatic hydroxyl groups excluding tert-OH is 1.